The number of esters is 4. The quantitative estimate of drug-likeness (QED) is 0.163. The van der Waals surface area contributed by atoms with Crippen molar-refractivity contribution in [1.29, 1.82) is 0 Å². The second-order valence-corrected chi connectivity index (χ2v) is 20.5. The third-order valence-corrected chi connectivity index (χ3v) is 12.6. The molecule has 0 bridgehead atoms. The Kier molecular flexibility index (Phi) is 22.6. The van der Waals surface area contributed by atoms with Gasteiger partial charge in [0, 0.05) is 41.0 Å². The number of benzene rings is 2. The molecule has 70 heavy (non-hydrogen) atoms. The van der Waals surface area contributed by atoms with Gasteiger partial charge in [-0.2, -0.15) is 0 Å². The van der Waals surface area contributed by atoms with Gasteiger partial charge >= 0.3 is 23.9 Å². The van der Waals surface area contributed by atoms with E-state index in [1.165, 1.54) is 46.9 Å². The second-order valence-electron chi connectivity index (χ2n) is 20.5. The average Bonchev–Trinajstić information content (AvgIpc) is 3.30. The van der Waals surface area contributed by atoms with E-state index in [4.69, 9.17) is 18.9 Å². The number of hydrogen-bond acceptors (Lipinski definition) is 12. The van der Waals surface area contributed by atoms with Gasteiger partial charge in [-0.1, -0.05) is 117 Å². The Morgan fingerprint density at radius 1 is 0.400 bits per heavy atom. The van der Waals surface area contributed by atoms with Crippen LogP contribution in [0.1, 0.15) is 119 Å². The summed E-state index contributed by atoms with van der Waals surface area (Å²) in [5, 5.41) is 0. The van der Waals surface area contributed by atoms with Gasteiger partial charge < -0.3 is 38.5 Å². The Bertz CT molecular complexity index is 2070. The van der Waals surface area contributed by atoms with E-state index >= 15 is 0 Å². The maximum absolute atomic E-state index is 14.8. The van der Waals surface area contributed by atoms with Crippen molar-refractivity contribution < 1.29 is 57.3 Å². The van der Waals surface area contributed by atoms with Gasteiger partial charge in [0.05, 0.1) is 0 Å². The van der Waals surface area contributed by atoms with Gasteiger partial charge in [0.2, 0.25) is 0 Å². The van der Waals surface area contributed by atoms with Crippen molar-refractivity contribution in [2.24, 2.45) is 23.7 Å². The smallest absolute Gasteiger partial charge is 0.329 e. The molecule has 8 atom stereocenters. The summed E-state index contributed by atoms with van der Waals surface area (Å²) in [7, 11) is 5.59. The highest BCUT2D eigenvalue weighted by Crippen LogP contribution is 2.24. The molecule has 0 aliphatic carbocycles. The normalized spacial score (nSPS) is 24.8. The van der Waals surface area contributed by atoms with Crippen molar-refractivity contribution in [1.82, 2.24) is 19.6 Å². The monoisotopic (exact) mass is 977 g/mol. The lowest BCUT2D eigenvalue weighted by Gasteiger charge is -2.35. The molecule has 0 spiro atoms. The van der Waals surface area contributed by atoms with Crippen LogP contribution in [0.25, 0.3) is 0 Å². The molecule has 388 valence electrons. The molecule has 0 aromatic heterocycles. The van der Waals surface area contributed by atoms with E-state index in [9.17, 15) is 38.4 Å². The Morgan fingerprint density at radius 2 is 0.671 bits per heavy atom. The molecule has 3 rings (SSSR count). The molecule has 0 unspecified atom stereocenters. The summed E-state index contributed by atoms with van der Waals surface area (Å²) < 4.78 is 23.9. The van der Waals surface area contributed by atoms with Gasteiger partial charge in [-0.25, -0.2) is 19.2 Å². The number of carbonyl (C=O) groups is 8. The minimum Gasteiger partial charge on any atom is -0.451 e. The molecule has 1 aliphatic heterocycles. The van der Waals surface area contributed by atoms with Crippen molar-refractivity contribution in [2.75, 3.05) is 28.2 Å². The standard InChI is InChI=1S/C54H80N4O12/c1-16-38-22-24-40(25-23-38)31-46-50(62)58(15)42(27-33(4)5)52(64)68-36(10)47(59)55(12)43(28-34(6)7)53(65)69-45(30-39-20-18-17-19-21-39)49(61)57(14)41(26-32(2)3)51(63)67-37(11)48(60)56(13)44(29-35(8)9)54(66)70-46/h17-25,32-37,41-46H,16,26-31H2,1-15H3/t36-,37-,41+,42+,43+,44+,45-,46-/m1/s1. The van der Waals surface area contributed by atoms with Crippen LogP contribution in [0.2, 0.25) is 0 Å². The van der Waals surface area contributed by atoms with E-state index in [1.54, 1.807) is 30.3 Å². The number of rotatable bonds is 13. The lowest BCUT2D eigenvalue weighted by Crippen LogP contribution is -2.55. The summed E-state index contributed by atoms with van der Waals surface area (Å²) in [4.78, 5) is 120. The molecule has 1 fully saturated rings. The number of ether oxygens (including phenoxy) is 4. The summed E-state index contributed by atoms with van der Waals surface area (Å²) in [5.74, 6) is -7.12. The van der Waals surface area contributed by atoms with Gasteiger partial charge in [-0.3, -0.25) is 19.2 Å². The van der Waals surface area contributed by atoms with E-state index in [0.717, 1.165) is 26.7 Å². The predicted molar refractivity (Wildman–Crippen MR) is 265 cm³/mol. The summed E-state index contributed by atoms with van der Waals surface area (Å²) in [6.45, 7) is 19.6. The largest absolute Gasteiger partial charge is 0.451 e. The van der Waals surface area contributed by atoms with Crippen LogP contribution in [0, 0.1) is 23.7 Å². The first-order valence-electron chi connectivity index (χ1n) is 24.8. The van der Waals surface area contributed by atoms with E-state index in [0.29, 0.717) is 11.1 Å². The molecule has 4 amide bonds. The fourth-order valence-electron chi connectivity index (χ4n) is 8.43. The molecule has 2 aromatic rings. The Hall–Kier alpha value is -5.80. The summed E-state index contributed by atoms with van der Waals surface area (Å²) in [5.41, 5.74) is 2.37. The molecular weight excluding hydrogens is 897 g/mol. The highest BCUT2D eigenvalue weighted by molar-refractivity contribution is 5.94. The van der Waals surface area contributed by atoms with Crippen LogP contribution in [0.5, 0.6) is 0 Å². The number of carbonyl (C=O) groups excluding carboxylic acids is 8. The highest BCUT2D eigenvalue weighted by atomic mass is 16.6. The highest BCUT2D eigenvalue weighted by Gasteiger charge is 2.43. The molecule has 0 N–H and O–H groups in total. The second kappa shape index (κ2) is 27.0. The van der Waals surface area contributed by atoms with Gasteiger partial charge in [0.15, 0.2) is 24.4 Å². The minimum absolute atomic E-state index is 0.0782. The first-order valence-corrected chi connectivity index (χ1v) is 24.8. The molecule has 16 heteroatoms. The van der Waals surface area contributed by atoms with Crippen LogP contribution >= 0.6 is 0 Å². The maximum Gasteiger partial charge on any atom is 0.329 e. The Labute approximate surface area is 416 Å². The fraction of sp³-hybridized carbons (Fsp3) is 0.630. The SMILES string of the molecule is CCc1ccc(C[C@H]2OC(=O)[C@H](CC(C)C)N(C)C(=O)[C@@H](C)OC(=O)[C@H](CC(C)C)N(C)C(=O)[C@@H](Cc3ccccc3)OC(=O)[C@H](CC(C)C)N(C)C(=O)[C@@H](C)OC(=O)[C@H](CC(C)C)N(C)C2=O)cc1. The third kappa shape index (κ3) is 16.7. The molecule has 16 nitrogen and oxygen atoms in total. The summed E-state index contributed by atoms with van der Waals surface area (Å²) in [6, 6.07) is 11.4. The fourth-order valence-corrected chi connectivity index (χ4v) is 8.43. The lowest BCUT2D eigenvalue weighted by molar-refractivity contribution is -0.176. The average molecular weight is 977 g/mol. The van der Waals surface area contributed by atoms with Gasteiger partial charge in [0.1, 0.15) is 24.2 Å². The Morgan fingerprint density at radius 3 is 0.971 bits per heavy atom. The lowest BCUT2D eigenvalue weighted by atomic mass is 9.99. The van der Waals surface area contributed by atoms with E-state index in [1.807, 2.05) is 86.6 Å². The van der Waals surface area contributed by atoms with Crippen LogP contribution < -0.4 is 0 Å². The molecule has 1 aliphatic rings. The zero-order chi connectivity index (χ0) is 52.7. The first-order chi connectivity index (χ1) is 32.8. The molecule has 0 saturated carbocycles. The Balaban J connectivity index is 2.26. The topological polar surface area (TPSA) is 186 Å². The molecule has 2 aromatic carbocycles. The van der Waals surface area contributed by atoms with E-state index in [-0.39, 0.29) is 62.2 Å². The van der Waals surface area contributed by atoms with Crippen molar-refractivity contribution in [3.63, 3.8) is 0 Å². The number of hydrogen-bond donors (Lipinski definition) is 0. The predicted octanol–water partition coefficient (Wildman–Crippen LogP) is 6.23. The summed E-state index contributed by atoms with van der Waals surface area (Å²) in [6.07, 6.45) is -4.79. The van der Waals surface area contributed by atoms with Crippen LogP contribution in [-0.2, 0) is 76.6 Å². The number of amides is 4. The first kappa shape index (κ1) is 58.5. The number of cyclic esters (lactones) is 4. The zero-order valence-electron chi connectivity index (χ0n) is 44.3. The van der Waals surface area contributed by atoms with Crippen LogP contribution in [0.3, 0.4) is 0 Å². The van der Waals surface area contributed by atoms with E-state index in [2.05, 4.69) is 0 Å². The number of likely N-dealkylation sites (N-methyl/N-ethyl adjacent to an activating group) is 4. The molecule has 1 saturated heterocycles. The molecular formula is C54H80N4O12. The van der Waals surface area contributed by atoms with Gasteiger partial charge in [0.25, 0.3) is 23.6 Å². The zero-order valence-corrected chi connectivity index (χ0v) is 44.3. The number of nitrogens with zero attached hydrogens (tertiary/aromatic N) is 4. The van der Waals surface area contributed by atoms with Crippen molar-refractivity contribution >= 4 is 47.5 Å². The van der Waals surface area contributed by atoms with Crippen molar-refractivity contribution in [3.05, 3.63) is 71.3 Å². The maximum atomic E-state index is 14.8. The molecule has 1 heterocycles. The van der Waals surface area contributed by atoms with Crippen molar-refractivity contribution in [3.8, 4) is 0 Å². The number of aryl methyl sites for hydroxylation is 1. The van der Waals surface area contributed by atoms with Gasteiger partial charge in [-0.15, -0.1) is 0 Å². The van der Waals surface area contributed by atoms with Gasteiger partial charge in [-0.05, 0) is 86.3 Å². The van der Waals surface area contributed by atoms with Crippen LogP contribution in [0.4, 0.5) is 0 Å². The third-order valence-electron chi connectivity index (χ3n) is 12.6. The van der Waals surface area contributed by atoms with Crippen LogP contribution in [-0.4, -0.2) is 144 Å². The van der Waals surface area contributed by atoms with E-state index < -0.39 is 96.1 Å². The van der Waals surface area contributed by atoms with Crippen molar-refractivity contribution in [2.45, 2.75) is 170 Å². The van der Waals surface area contributed by atoms with Crippen LogP contribution in [0.15, 0.2) is 54.6 Å². The summed E-state index contributed by atoms with van der Waals surface area (Å²) >= 11 is 0. The molecule has 0 radical (unpaired) electrons. The minimum atomic E-state index is -1.48.